The van der Waals surface area contributed by atoms with Gasteiger partial charge in [-0.1, -0.05) is 55.6 Å². The molecule has 1 aromatic carbocycles. The first kappa shape index (κ1) is 19.1. The summed E-state index contributed by atoms with van der Waals surface area (Å²) >= 11 is 1.46. The minimum atomic E-state index is 0.0937. The summed E-state index contributed by atoms with van der Waals surface area (Å²) in [7, 11) is 0. The van der Waals surface area contributed by atoms with E-state index in [9.17, 15) is 4.79 Å². The van der Waals surface area contributed by atoms with E-state index in [1.54, 1.807) is 0 Å². The maximum absolute atomic E-state index is 12.4. The number of carbonyl (C=O) groups is 1. The second-order valence-electron chi connectivity index (χ2n) is 7.34. The fraction of sp³-hybridized carbons (Fsp3) is 0.476. The van der Waals surface area contributed by atoms with Crippen molar-refractivity contribution in [3.8, 4) is 11.4 Å². The van der Waals surface area contributed by atoms with Gasteiger partial charge < -0.3 is 14.9 Å². The Balaban J connectivity index is 1.45. The zero-order valence-corrected chi connectivity index (χ0v) is 17.1. The SMILES string of the molecule is CCn1c(SCC(=O)NC2CCCCCC2)nnc1-c1c[nH]c2ccccc12. The van der Waals surface area contributed by atoms with E-state index in [-0.39, 0.29) is 5.91 Å². The van der Waals surface area contributed by atoms with Gasteiger partial charge in [0.25, 0.3) is 0 Å². The van der Waals surface area contributed by atoms with Crippen LogP contribution in [0.4, 0.5) is 0 Å². The van der Waals surface area contributed by atoms with Gasteiger partial charge in [-0.15, -0.1) is 10.2 Å². The van der Waals surface area contributed by atoms with Gasteiger partial charge in [0.15, 0.2) is 11.0 Å². The largest absolute Gasteiger partial charge is 0.360 e. The molecule has 1 fully saturated rings. The fourth-order valence-electron chi connectivity index (χ4n) is 3.96. The molecule has 1 aliphatic carbocycles. The summed E-state index contributed by atoms with van der Waals surface area (Å²) < 4.78 is 2.08. The van der Waals surface area contributed by atoms with E-state index in [4.69, 9.17) is 0 Å². The van der Waals surface area contributed by atoms with Gasteiger partial charge in [0, 0.05) is 35.2 Å². The number of H-pyrrole nitrogens is 1. The van der Waals surface area contributed by atoms with Gasteiger partial charge in [-0.25, -0.2) is 0 Å². The molecule has 28 heavy (non-hydrogen) atoms. The number of hydrogen-bond acceptors (Lipinski definition) is 4. The molecule has 2 N–H and O–H groups in total. The standard InChI is InChI=1S/C21H27N5OS/c1-2-26-20(17-13-22-18-12-8-7-11-16(17)18)24-25-21(26)28-14-19(27)23-15-9-5-3-4-6-10-15/h7-8,11-13,15,22H,2-6,9-10,14H2,1H3,(H,23,27). The fourth-order valence-corrected chi connectivity index (χ4v) is 4.77. The minimum absolute atomic E-state index is 0.0937. The molecular formula is C21H27N5OS. The zero-order chi connectivity index (χ0) is 19.3. The number of hydrogen-bond donors (Lipinski definition) is 2. The Morgan fingerprint density at radius 3 is 2.79 bits per heavy atom. The third kappa shape index (κ3) is 4.09. The highest BCUT2D eigenvalue weighted by Crippen LogP contribution is 2.30. The first-order chi connectivity index (χ1) is 13.8. The number of nitrogens with zero attached hydrogens (tertiary/aromatic N) is 3. The second-order valence-corrected chi connectivity index (χ2v) is 8.29. The quantitative estimate of drug-likeness (QED) is 0.478. The predicted octanol–water partition coefficient (Wildman–Crippen LogP) is 4.38. The summed E-state index contributed by atoms with van der Waals surface area (Å²) in [6.45, 7) is 2.84. The van der Waals surface area contributed by atoms with Gasteiger partial charge in [0.1, 0.15) is 0 Å². The van der Waals surface area contributed by atoms with Crippen molar-refractivity contribution in [1.82, 2.24) is 25.1 Å². The van der Waals surface area contributed by atoms with Crippen LogP contribution >= 0.6 is 11.8 Å². The highest BCUT2D eigenvalue weighted by Gasteiger charge is 2.19. The predicted molar refractivity (Wildman–Crippen MR) is 113 cm³/mol. The molecule has 0 spiro atoms. The number of rotatable bonds is 6. The lowest BCUT2D eigenvalue weighted by Gasteiger charge is -2.16. The lowest BCUT2D eigenvalue weighted by atomic mass is 10.1. The number of benzene rings is 1. The van der Waals surface area contributed by atoms with Crippen LogP contribution in [0.5, 0.6) is 0 Å². The molecule has 4 rings (SSSR count). The van der Waals surface area contributed by atoms with Gasteiger partial charge in [-0.3, -0.25) is 4.79 Å². The maximum Gasteiger partial charge on any atom is 0.230 e. The molecule has 1 saturated carbocycles. The van der Waals surface area contributed by atoms with E-state index >= 15 is 0 Å². The summed E-state index contributed by atoms with van der Waals surface area (Å²) in [4.78, 5) is 15.7. The Hall–Kier alpha value is -2.28. The number of amides is 1. The Morgan fingerprint density at radius 1 is 1.21 bits per heavy atom. The lowest BCUT2D eigenvalue weighted by molar-refractivity contribution is -0.119. The summed E-state index contributed by atoms with van der Waals surface area (Å²) in [5, 5.41) is 13.9. The van der Waals surface area contributed by atoms with Crippen LogP contribution in [0.25, 0.3) is 22.3 Å². The molecule has 3 aromatic rings. The Labute approximate surface area is 169 Å². The van der Waals surface area contributed by atoms with E-state index in [0.29, 0.717) is 11.8 Å². The highest BCUT2D eigenvalue weighted by molar-refractivity contribution is 7.99. The number of carbonyl (C=O) groups excluding carboxylic acids is 1. The maximum atomic E-state index is 12.4. The Morgan fingerprint density at radius 2 is 2.00 bits per heavy atom. The van der Waals surface area contributed by atoms with E-state index in [2.05, 4.69) is 44.1 Å². The summed E-state index contributed by atoms with van der Waals surface area (Å²) in [6, 6.07) is 8.52. The van der Waals surface area contributed by atoms with Gasteiger partial charge in [0.05, 0.1) is 5.75 Å². The molecule has 0 radical (unpaired) electrons. The third-order valence-electron chi connectivity index (χ3n) is 5.42. The van der Waals surface area contributed by atoms with Crippen LogP contribution in [-0.2, 0) is 11.3 Å². The van der Waals surface area contributed by atoms with Crippen molar-refractivity contribution < 1.29 is 4.79 Å². The topological polar surface area (TPSA) is 75.6 Å². The van der Waals surface area contributed by atoms with Crippen LogP contribution in [0.2, 0.25) is 0 Å². The van der Waals surface area contributed by atoms with Crippen molar-refractivity contribution in [3.63, 3.8) is 0 Å². The van der Waals surface area contributed by atoms with Crippen LogP contribution in [0.3, 0.4) is 0 Å². The molecule has 0 aliphatic heterocycles. The van der Waals surface area contributed by atoms with Crippen LogP contribution in [-0.4, -0.2) is 37.5 Å². The van der Waals surface area contributed by atoms with Crippen molar-refractivity contribution in [2.24, 2.45) is 0 Å². The van der Waals surface area contributed by atoms with Crippen LogP contribution in [0.15, 0.2) is 35.6 Å². The molecule has 0 atom stereocenters. The molecule has 2 aromatic heterocycles. The van der Waals surface area contributed by atoms with Crippen molar-refractivity contribution in [3.05, 3.63) is 30.5 Å². The number of fused-ring (bicyclic) bond motifs is 1. The molecule has 0 unspecified atom stereocenters. The van der Waals surface area contributed by atoms with Crippen molar-refractivity contribution in [2.75, 3.05) is 5.75 Å². The molecule has 0 saturated heterocycles. The number of nitrogens with one attached hydrogen (secondary N) is 2. The number of para-hydroxylation sites is 1. The van der Waals surface area contributed by atoms with Crippen LogP contribution in [0, 0.1) is 0 Å². The molecule has 1 amide bonds. The van der Waals surface area contributed by atoms with Gasteiger partial charge >= 0.3 is 0 Å². The average molecular weight is 398 g/mol. The number of thioether (sulfide) groups is 1. The molecule has 0 bridgehead atoms. The second kappa shape index (κ2) is 8.82. The first-order valence-corrected chi connectivity index (χ1v) is 11.2. The van der Waals surface area contributed by atoms with Gasteiger partial charge in [-0.2, -0.15) is 0 Å². The summed E-state index contributed by atoms with van der Waals surface area (Å²) in [5.41, 5.74) is 2.12. The molecule has 148 valence electrons. The van der Waals surface area contributed by atoms with E-state index in [1.165, 1.54) is 37.4 Å². The third-order valence-corrected chi connectivity index (χ3v) is 6.38. The summed E-state index contributed by atoms with van der Waals surface area (Å²) in [6.07, 6.45) is 9.20. The van der Waals surface area contributed by atoms with Crippen LogP contribution < -0.4 is 5.32 Å². The highest BCUT2D eigenvalue weighted by atomic mass is 32.2. The van der Waals surface area contributed by atoms with Crippen molar-refractivity contribution in [2.45, 2.75) is 63.2 Å². The lowest BCUT2D eigenvalue weighted by Crippen LogP contribution is -2.35. The Bertz CT molecular complexity index is 939. The summed E-state index contributed by atoms with van der Waals surface area (Å²) in [5.74, 6) is 1.31. The van der Waals surface area contributed by atoms with E-state index in [1.807, 2.05) is 18.3 Å². The number of aromatic nitrogens is 4. The Kier molecular flexibility index (Phi) is 6.00. The van der Waals surface area contributed by atoms with Crippen LogP contribution in [0.1, 0.15) is 45.4 Å². The minimum Gasteiger partial charge on any atom is -0.360 e. The number of aromatic amines is 1. The van der Waals surface area contributed by atoms with Crippen molar-refractivity contribution >= 4 is 28.6 Å². The average Bonchev–Trinajstić information content (AvgIpc) is 3.22. The van der Waals surface area contributed by atoms with Gasteiger partial charge in [0.2, 0.25) is 5.91 Å². The molecule has 2 heterocycles. The van der Waals surface area contributed by atoms with E-state index in [0.717, 1.165) is 46.8 Å². The van der Waals surface area contributed by atoms with Gasteiger partial charge in [-0.05, 0) is 25.8 Å². The smallest absolute Gasteiger partial charge is 0.230 e. The zero-order valence-electron chi connectivity index (χ0n) is 16.3. The molecule has 6 nitrogen and oxygen atoms in total. The normalized spacial score (nSPS) is 15.6. The molecule has 1 aliphatic rings. The van der Waals surface area contributed by atoms with Crippen molar-refractivity contribution in [1.29, 1.82) is 0 Å². The van der Waals surface area contributed by atoms with E-state index < -0.39 is 0 Å². The monoisotopic (exact) mass is 397 g/mol. The molecular weight excluding hydrogens is 370 g/mol. The molecule has 7 heteroatoms. The first-order valence-electron chi connectivity index (χ1n) is 10.2.